The summed E-state index contributed by atoms with van der Waals surface area (Å²) in [6, 6.07) is 11.9. The molecule has 112 valence electrons. The number of hydrogen-bond donors (Lipinski definition) is 1. The third-order valence-corrected chi connectivity index (χ3v) is 2.88. The Balaban J connectivity index is 2.21. The number of carbonyl (C=O) groups is 1. The van der Waals surface area contributed by atoms with E-state index in [-0.39, 0.29) is 12.1 Å². The number of benzene rings is 2. The van der Waals surface area contributed by atoms with Crippen LogP contribution in [0.15, 0.2) is 48.5 Å². The summed E-state index contributed by atoms with van der Waals surface area (Å²) in [6.45, 7) is 0.218. The van der Waals surface area contributed by atoms with Gasteiger partial charge in [0.2, 0.25) is 0 Å². The highest BCUT2D eigenvalue weighted by Gasteiger charge is 2.19. The summed E-state index contributed by atoms with van der Waals surface area (Å²) in [4.78, 5) is 32.0. The van der Waals surface area contributed by atoms with E-state index in [4.69, 9.17) is 0 Å². The summed E-state index contributed by atoms with van der Waals surface area (Å²) in [5.41, 5.74) is -0.286. The molecule has 0 aromatic heterocycles. The Morgan fingerprint density at radius 1 is 0.955 bits per heavy atom. The van der Waals surface area contributed by atoms with Gasteiger partial charge in [0.25, 0.3) is 17.3 Å². The van der Waals surface area contributed by atoms with E-state index in [0.717, 1.165) is 23.8 Å². The van der Waals surface area contributed by atoms with Gasteiger partial charge in [-0.15, -0.1) is 0 Å². The summed E-state index contributed by atoms with van der Waals surface area (Å²) < 4.78 is 0. The molecule has 0 radical (unpaired) electrons. The molecule has 0 atom stereocenters. The van der Waals surface area contributed by atoms with E-state index in [1.165, 1.54) is 0 Å². The minimum Gasteiger partial charge on any atom is -0.348 e. The quantitative estimate of drug-likeness (QED) is 0.672. The second-order valence-electron chi connectivity index (χ2n) is 4.42. The standard InChI is InChI=1S/C14H11N3O5/c18-14(15-9-10-4-2-1-3-5-10)11-6-12(16(19)20)8-13(7-11)17(21)22/h1-8H,9H2,(H,15,18)/i14-1. The average Bonchev–Trinajstić information content (AvgIpc) is 2.53. The van der Waals surface area contributed by atoms with Crippen LogP contribution in [0, 0.1) is 20.2 Å². The number of nitro groups is 2. The van der Waals surface area contributed by atoms with Crippen LogP contribution in [-0.2, 0) is 6.54 Å². The lowest BCUT2D eigenvalue weighted by atomic mass is 9.87. The lowest BCUT2D eigenvalue weighted by Crippen LogP contribution is -2.23. The Morgan fingerprint density at radius 2 is 1.50 bits per heavy atom. The van der Waals surface area contributed by atoms with E-state index < -0.39 is 27.1 Å². The maximum absolute atomic E-state index is 12.0. The molecular weight excluding hydrogens is 289 g/mol. The fourth-order valence-electron chi connectivity index (χ4n) is 1.82. The largest absolute Gasteiger partial charge is 0.348 e. The minimum absolute atomic E-state index is 0.128. The summed E-state index contributed by atoms with van der Waals surface area (Å²) in [5.74, 6) is -0.615. The Kier molecular flexibility index (Phi) is 4.42. The molecule has 0 bridgehead atoms. The maximum atomic E-state index is 12.0. The van der Waals surface area contributed by atoms with Gasteiger partial charge >= 0.3 is 0 Å². The van der Waals surface area contributed by atoms with Crippen molar-refractivity contribution in [3.8, 4) is 0 Å². The van der Waals surface area contributed by atoms with Crippen molar-refractivity contribution < 1.29 is 14.6 Å². The molecule has 0 spiro atoms. The molecule has 0 saturated carbocycles. The predicted molar refractivity (Wildman–Crippen MR) is 77.4 cm³/mol. The van der Waals surface area contributed by atoms with Gasteiger partial charge in [-0.25, -0.2) is 0 Å². The van der Waals surface area contributed by atoms with Gasteiger partial charge in [0, 0.05) is 18.7 Å². The first kappa shape index (κ1) is 15.1. The zero-order valence-electron chi connectivity index (χ0n) is 11.3. The van der Waals surface area contributed by atoms with Crippen molar-refractivity contribution in [1.29, 1.82) is 0 Å². The normalized spacial score (nSPS) is 10.0. The Hall–Kier alpha value is -3.29. The van der Waals surface area contributed by atoms with E-state index in [1.807, 2.05) is 6.07 Å². The van der Waals surface area contributed by atoms with Crippen LogP contribution in [0.1, 0.15) is 15.9 Å². The molecule has 1 N–H and O–H groups in total. The SMILES string of the molecule is O=[11C](NCc1ccccc1)c1cc([N+](=O)[O-])cc([N+](=O)[O-])c1. The topological polar surface area (TPSA) is 115 Å². The average molecular weight is 300 g/mol. The Labute approximate surface area is 124 Å². The maximum Gasteiger partial charge on any atom is 0.277 e. The van der Waals surface area contributed by atoms with E-state index in [0.29, 0.717) is 0 Å². The van der Waals surface area contributed by atoms with Crippen molar-refractivity contribution in [2.45, 2.75) is 6.54 Å². The van der Waals surface area contributed by atoms with E-state index >= 15 is 0 Å². The zero-order valence-corrected chi connectivity index (χ0v) is 11.3. The summed E-state index contributed by atoms with van der Waals surface area (Å²) >= 11 is 0. The van der Waals surface area contributed by atoms with Gasteiger partial charge in [0.05, 0.1) is 21.5 Å². The number of rotatable bonds is 5. The third-order valence-electron chi connectivity index (χ3n) is 2.88. The molecule has 8 nitrogen and oxygen atoms in total. The molecule has 0 saturated heterocycles. The van der Waals surface area contributed by atoms with Crippen molar-refractivity contribution in [1.82, 2.24) is 5.32 Å². The number of hydrogen-bond acceptors (Lipinski definition) is 5. The molecule has 0 aliphatic heterocycles. The second kappa shape index (κ2) is 6.44. The molecular formula is C14H11N3O5. The number of nitro benzene ring substituents is 2. The van der Waals surface area contributed by atoms with Crippen molar-refractivity contribution in [2.24, 2.45) is 0 Å². The van der Waals surface area contributed by atoms with Gasteiger partial charge in [-0.2, -0.15) is 0 Å². The Bertz CT molecular complexity index is 698. The van der Waals surface area contributed by atoms with Crippen molar-refractivity contribution in [3.05, 3.63) is 79.9 Å². The molecule has 0 aliphatic rings. The van der Waals surface area contributed by atoms with E-state index in [9.17, 15) is 25.0 Å². The first-order valence-corrected chi connectivity index (χ1v) is 6.23. The van der Waals surface area contributed by atoms with Crippen LogP contribution < -0.4 is 5.32 Å². The molecule has 0 fully saturated rings. The first-order valence-electron chi connectivity index (χ1n) is 6.23. The molecule has 0 heterocycles. The smallest absolute Gasteiger partial charge is 0.277 e. The van der Waals surface area contributed by atoms with Gasteiger partial charge in [0.1, 0.15) is 0 Å². The van der Waals surface area contributed by atoms with Crippen LogP contribution in [0.3, 0.4) is 0 Å². The number of carbonyl (C=O) groups excluding carboxylic acids is 1. The fraction of sp³-hybridized carbons (Fsp3) is 0.0714. The monoisotopic (exact) mass is 300 g/mol. The molecule has 8 heteroatoms. The summed E-state index contributed by atoms with van der Waals surface area (Å²) in [7, 11) is 0. The number of nitrogens with zero attached hydrogens (tertiary/aromatic N) is 2. The van der Waals surface area contributed by atoms with Gasteiger partial charge in [-0.3, -0.25) is 25.0 Å². The van der Waals surface area contributed by atoms with Crippen LogP contribution in [0.2, 0.25) is 0 Å². The lowest BCUT2D eigenvalue weighted by molar-refractivity contribution is -0.394. The minimum atomic E-state index is -0.777. The summed E-state index contributed by atoms with van der Waals surface area (Å²) in [6.07, 6.45) is 0. The number of nitrogens with one attached hydrogen (secondary N) is 1. The highest BCUT2D eigenvalue weighted by atomic mass is 16.6. The van der Waals surface area contributed by atoms with E-state index in [2.05, 4.69) is 5.32 Å². The Morgan fingerprint density at radius 3 is 2.00 bits per heavy atom. The van der Waals surface area contributed by atoms with Crippen molar-refractivity contribution in [2.75, 3.05) is 0 Å². The van der Waals surface area contributed by atoms with Crippen LogP contribution in [0.4, 0.5) is 11.4 Å². The van der Waals surface area contributed by atoms with Crippen molar-refractivity contribution >= 4 is 17.3 Å². The second-order valence-corrected chi connectivity index (χ2v) is 4.42. The van der Waals surface area contributed by atoms with Gasteiger partial charge < -0.3 is 5.32 Å². The third kappa shape index (κ3) is 3.63. The lowest BCUT2D eigenvalue weighted by Gasteiger charge is -2.05. The highest BCUT2D eigenvalue weighted by molar-refractivity contribution is 5.95. The van der Waals surface area contributed by atoms with Crippen LogP contribution >= 0.6 is 0 Å². The van der Waals surface area contributed by atoms with E-state index in [1.54, 1.807) is 24.3 Å². The highest BCUT2D eigenvalue weighted by Crippen LogP contribution is 2.22. The summed E-state index contributed by atoms with van der Waals surface area (Å²) in [5, 5.41) is 24.1. The van der Waals surface area contributed by atoms with Crippen LogP contribution in [0.5, 0.6) is 0 Å². The number of non-ortho nitro benzene ring substituents is 2. The molecule has 2 aromatic rings. The van der Waals surface area contributed by atoms with Gasteiger partial charge in [-0.05, 0) is 5.56 Å². The first-order chi connectivity index (χ1) is 10.5. The van der Waals surface area contributed by atoms with Crippen molar-refractivity contribution in [3.63, 3.8) is 0 Å². The molecule has 2 rings (SSSR count). The number of amides is 1. The zero-order chi connectivity index (χ0) is 16.1. The van der Waals surface area contributed by atoms with Gasteiger partial charge in [0.15, 0.2) is 0 Å². The predicted octanol–water partition coefficient (Wildman–Crippen LogP) is 2.43. The molecule has 22 heavy (non-hydrogen) atoms. The van der Waals surface area contributed by atoms with Crippen LogP contribution in [-0.4, -0.2) is 15.8 Å². The fourth-order valence-corrected chi connectivity index (χ4v) is 1.82. The van der Waals surface area contributed by atoms with Gasteiger partial charge in [-0.1, -0.05) is 30.3 Å². The molecule has 2 aromatic carbocycles. The van der Waals surface area contributed by atoms with Crippen LogP contribution in [0.25, 0.3) is 0 Å². The molecule has 1 amide bonds. The molecule has 0 aliphatic carbocycles. The molecule has 0 unspecified atom stereocenters.